The van der Waals surface area contributed by atoms with Crippen LogP contribution in [-0.2, 0) is 28.6 Å². The Kier molecular flexibility index (Phi) is 4.52. The highest BCUT2D eigenvalue weighted by Crippen LogP contribution is 2.59. The highest BCUT2D eigenvalue weighted by atomic mass is 32.2. The highest BCUT2D eigenvalue weighted by Gasteiger charge is 2.69. The van der Waals surface area contributed by atoms with Crippen LogP contribution in [0.4, 0.5) is 0 Å². The molecule has 1 saturated carbocycles. The van der Waals surface area contributed by atoms with Gasteiger partial charge in [0.25, 0.3) is 10.1 Å². The van der Waals surface area contributed by atoms with Crippen molar-refractivity contribution in [3.63, 3.8) is 0 Å². The summed E-state index contributed by atoms with van der Waals surface area (Å²) in [5, 5.41) is 0. The number of carbonyl (C=O) groups excluding carboxylic acids is 2. The number of ether oxygens (including phenoxy) is 1. The molecule has 3 saturated heterocycles. The summed E-state index contributed by atoms with van der Waals surface area (Å²) in [5.74, 6) is -0.192. The van der Waals surface area contributed by atoms with Gasteiger partial charge >= 0.3 is 5.97 Å². The molecule has 8 heteroatoms. The first-order valence-electron chi connectivity index (χ1n) is 10.8. The molecule has 1 aliphatic carbocycles. The quantitative estimate of drug-likeness (QED) is 0.536. The van der Waals surface area contributed by atoms with E-state index in [1.165, 1.54) is 12.1 Å². The number of carbonyl (C=O) groups is 2. The Balaban J connectivity index is 1.46. The number of amides is 1. The van der Waals surface area contributed by atoms with Crippen LogP contribution in [0, 0.1) is 18.8 Å². The van der Waals surface area contributed by atoms with E-state index in [9.17, 15) is 18.0 Å². The summed E-state index contributed by atoms with van der Waals surface area (Å²) in [6.45, 7) is 2.17. The summed E-state index contributed by atoms with van der Waals surface area (Å²) in [7, 11) is -3.97. The van der Waals surface area contributed by atoms with E-state index < -0.39 is 21.3 Å². The highest BCUT2D eigenvalue weighted by molar-refractivity contribution is 7.86. The van der Waals surface area contributed by atoms with Crippen LogP contribution in [0.2, 0.25) is 0 Å². The van der Waals surface area contributed by atoms with Gasteiger partial charge in [0.15, 0.2) is 0 Å². The first-order chi connectivity index (χ1) is 14.3. The van der Waals surface area contributed by atoms with Crippen molar-refractivity contribution in [1.29, 1.82) is 0 Å². The minimum atomic E-state index is -3.97. The second kappa shape index (κ2) is 6.79. The summed E-state index contributed by atoms with van der Waals surface area (Å²) in [6, 6.07) is 6.49. The molecule has 1 aromatic rings. The largest absolute Gasteiger partial charge is 0.456 e. The lowest BCUT2D eigenvalue weighted by Crippen LogP contribution is -2.67. The lowest BCUT2D eigenvalue weighted by Gasteiger charge is -2.56. The Bertz CT molecular complexity index is 989. The fourth-order valence-electron chi connectivity index (χ4n) is 6.42. The van der Waals surface area contributed by atoms with Crippen molar-refractivity contribution in [3.05, 3.63) is 29.8 Å². The SMILES string of the molecule is Cc1ccc(S(=O)(=O)OC[C@@]23CCN4C(=O)C[C@@H]5CCCC[C@@]54[C@@H]2CC(=O)O3)cc1. The van der Waals surface area contributed by atoms with E-state index in [0.717, 1.165) is 31.2 Å². The van der Waals surface area contributed by atoms with Gasteiger partial charge in [-0.15, -0.1) is 0 Å². The fraction of sp³-hybridized carbons (Fsp3) is 0.636. The van der Waals surface area contributed by atoms with Crippen molar-refractivity contribution in [2.45, 2.75) is 67.9 Å². The van der Waals surface area contributed by atoms with Crippen LogP contribution in [0.15, 0.2) is 29.2 Å². The Hall–Kier alpha value is -1.93. The third-order valence-electron chi connectivity index (χ3n) is 7.76. The van der Waals surface area contributed by atoms with Gasteiger partial charge in [-0.3, -0.25) is 13.8 Å². The van der Waals surface area contributed by atoms with Crippen LogP contribution in [0.25, 0.3) is 0 Å². The molecule has 0 aromatic heterocycles. The smallest absolute Gasteiger partial charge is 0.306 e. The van der Waals surface area contributed by atoms with Gasteiger partial charge in [-0.25, -0.2) is 0 Å². The van der Waals surface area contributed by atoms with Crippen LogP contribution in [0.3, 0.4) is 0 Å². The molecule has 4 atom stereocenters. The number of piperidine rings is 1. The number of esters is 1. The number of nitrogens with zero attached hydrogens (tertiary/aromatic N) is 1. The minimum Gasteiger partial charge on any atom is -0.456 e. The molecule has 162 valence electrons. The maximum Gasteiger partial charge on any atom is 0.306 e. The zero-order valence-corrected chi connectivity index (χ0v) is 17.9. The molecule has 4 aliphatic rings. The van der Waals surface area contributed by atoms with Gasteiger partial charge in [-0.1, -0.05) is 30.5 Å². The van der Waals surface area contributed by atoms with Crippen molar-refractivity contribution in [2.24, 2.45) is 11.8 Å². The molecule has 1 amide bonds. The van der Waals surface area contributed by atoms with Gasteiger partial charge in [0.1, 0.15) is 12.2 Å². The molecule has 5 rings (SSSR count). The van der Waals surface area contributed by atoms with Crippen molar-refractivity contribution in [3.8, 4) is 0 Å². The van der Waals surface area contributed by atoms with E-state index in [1.54, 1.807) is 12.1 Å². The number of hydrogen-bond donors (Lipinski definition) is 0. The normalized spacial score (nSPS) is 35.6. The van der Waals surface area contributed by atoms with Gasteiger partial charge in [0, 0.05) is 25.3 Å². The molecule has 4 fully saturated rings. The summed E-state index contributed by atoms with van der Waals surface area (Å²) >= 11 is 0. The Labute approximate surface area is 176 Å². The minimum absolute atomic E-state index is 0.0903. The van der Waals surface area contributed by atoms with Crippen LogP contribution >= 0.6 is 0 Å². The van der Waals surface area contributed by atoms with E-state index in [-0.39, 0.29) is 41.6 Å². The predicted octanol–water partition coefficient (Wildman–Crippen LogP) is 2.57. The van der Waals surface area contributed by atoms with Crippen molar-refractivity contribution < 1.29 is 26.9 Å². The number of benzene rings is 1. The van der Waals surface area contributed by atoms with Gasteiger partial charge in [0.2, 0.25) is 5.91 Å². The summed E-state index contributed by atoms with van der Waals surface area (Å²) in [4.78, 5) is 27.3. The summed E-state index contributed by atoms with van der Waals surface area (Å²) in [5.41, 5.74) is -0.444. The average Bonchev–Trinajstić information content (AvgIpc) is 3.21. The van der Waals surface area contributed by atoms with E-state index in [4.69, 9.17) is 8.92 Å². The summed E-state index contributed by atoms with van der Waals surface area (Å²) in [6.07, 6.45) is 5.04. The Morgan fingerprint density at radius 2 is 1.90 bits per heavy atom. The number of aryl methyl sites for hydroxylation is 1. The van der Waals surface area contributed by atoms with E-state index in [1.807, 2.05) is 11.8 Å². The van der Waals surface area contributed by atoms with Gasteiger partial charge in [-0.05, 0) is 37.8 Å². The number of hydrogen-bond acceptors (Lipinski definition) is 6. The zero-order chi connectivity index (χ0) is 21.1. The zero-order valence-electron chi connectivity index (χ0n) is 17.1. The number of fused-ring (bicyclic) bond motifs is 1. The molecule has 3 aliphatic heterocycles. The van der Waals surface area contributed by atoms with E-state index in [0.29, 0.717) is 19.4 Å². The molecular formula is C22H27NO6S. The molecule has 7 nitrogen and oxygen atoms in total. The summed E-state index contributed by atoms with van der Waals surface area (Å²) < 4.78 is 36.9. The molecule has 1 spiro atoms. The topological polar surface area (TPSA) is 90.0 Å². The maximum absolute atomic E-state index is 12.8. The molecular weight excluding hydrogens is 406 g/mol. The van der Waals surface area contributed by atoms with Gasteiger partial charge in [-0.2, -0.15) is 8.42 Å². The standard InChI is InChI=1S/C22H27NO6S/c1-15-5-7-17(8-6-15)30(26,27)28-14-21-10-11-23-19(24)12-16-4-2-3-9-22(16,23)18(21)13-20(25)29-21/h5-8,16,18H,2-4,9-14H2,1H3/t16-,18+,21-,22-/m0/s1. The first-order valence-corrected chi connectivity index (χ1v) is 12.2. The molecule has 0 bridgehead atoms. The molecule has 0 radical (unpaired) electrons. The molecule has 30 heavy (non-hydrogen) atoms. The molecule has 0 unspecified atom stereocenters. The second-order valence-electron chi connectivity index (χ2n) is 9.26. The third-order valence-corrected chi connectivity index (χ3v) is 9.04. The van der Waals surface area contributed by atoms with Crippen LogP contribution in [0.1, 0.15) is 50.5 Å². The molecule has 0 N–H and O–H groups in total. The van der Waals surface area contributed by atoms with Crippen molar-refractivity contribution in [1.82, 2.24) is 4.90 Å². The number of rotatable bonds is 4. The first kappa shape index (κ1) is 20.0. The maximum atomic E-state index is 12.8. The van der Waals surface area contributed by atoms with Gasteiger partial charge < -0.3 is 9.64 Å². The Morgan fingerprint density at radius 3 is 2.67 bits per heavy atom. The predicted molar refractivity (Wildman–Crippen MR) is 107 cm³/mol. The van der Waals surface area contributed by atoms with Crippen molar-refractivity contribution >= 4 is 22.0 Å². The van der Waals surface area contributed by atoms with E-state index >= 15 is 0 Å². The third kappa shape index (κ3) is 2.83. The molecule has 1 aromatic carbocycles. The average molecular weight is 434 g/mol. The van der Waals surface area contributed by atoms with E-state index in [2.05, 4.69) is 0 Å². The van der Waals surface area contributed by atoms with Crippen molar-refractivity contribution in [2.75, 3.05) is 13.2 Å². The second-order valence-corrected chi connectivity index (χ2v) is 10.9. The lowest BCUT2D eigenvalue weighted by atomic mass is 9.59. The van der Waals surface area contributed by atoms with Crippen LogP contribution in [-0.4, -0.2) is 49.5 Å². The van der Waals surface area contributed by atoms with Crippen LogP contribution < -0.4 is 0 Å². The molecule has 3 heterocycles. The lowest BCUT2D eigenvalue weighted by molar-refractivity contribution is -0.172. The van der Waals surface area contributed by atoms with Gasteiger partial charge in [0.05, 0.1) is 16.9 Å². The Morgan fingerprint density at radius 1 is 1.13 bits per heavy atom. The monoisotopic (exact) mass is 433 g/mol. The fourth-order valence-corrected chi connectivity index (χ4v) is 7.38. The van der Waals surface area contributed by atoms with Crippen LogP contribution in [0.5, 0.6) is 0 Å².